The lowest BCUT2D eigenvalue weighted by atomic mass is 10.3. The van der Waals surface area contributed by atoms with Crippen molar-refractivity contribution in [3.8, 4) is 0 Å². The number of hydrogen-bond acceptors (Lipinski definition) is 0. The zero-order valence-electron chi connectivity index (χ0n) is 4.30. The van der Waals surface area contributed by atoms with E-state index in [1.54, 1.807) is 0 Å². The first-order chi connectivity index (χ1) is 3.50. The molecule has 0 aromatic rings. The smallest absolute Gasteiger partial charge is 0.204 e. The van der Waals surface area contributed by atoms with E-state index in [4.69, 9.17) is 0 Å². The summed E-state index contributed by atoms with van der Waals surface area (Å²) in [5.41, 5.74) is 0. The molecule has 0 amide bonds. The monoisotopic (exact) mass is 130 g/mol. The second-order valence-corrected chi connectivity index (χ2v) is 1.42. The van der Waals surface area contributed by atoms with E-state index in [2.05, 4.69) is 0 Å². The van der Waals surface area contributed by atoms with Crippen LogP contribution in [0.5, 0.6) is 0 Å². The molecule has 0 rings (SSSR count). The Labute approximate surface area is 44.5 Å². The van der Waals surface area contributed by atoms with Crippen LogP contribution < -0.4 is 0 Å². The minimum Gasteiger partial charge on any atom is -0.204 e. The molecule has 4 heteroatoms. The maximum Gasteiger partial charge on any atom is 0.307 e. The van der Waals surface area contributed by atoms with Crippen LogP contribution in [-0.2, 0) is 0 Å². The number of halogens is 4. The topological polar surface area (TPSA) is 0 Å². The van der Waals surface area contributed by atoms with Gasteiger partial charge in [-0.2, -0.15) is 0 Å². The molecule has 0 bridgehead atoms. The van der Waals surface area contributed by atoms with E-state index in [0.29, 0.717) is 0 Å². The van der Waals surface area contributed by atoms with Crippen LogP contribution in [0.25, 0.3) is 0 Å². The van der Waals surface area contributed by atoms with Gasteiger partial charge in [0.05, 0.1) is 0 Å². The second kappa shape index (κ2) is 2.33. The number of rotatable bonds is 2. The molecule has 0 saturated heterocycles. The summed E-state index contributed by atoms with van der Waals surface area (Å²) in [4.78, 5) is 0. The van der Waals surface area contributed by atoms with Gasteiger partial charge in [-0.25, -0.2) is 17.6 Å². The van der Waals surface area contributed by atoms with E-state index in [9.17, 15) is 17.6 Å². The fraction of sp³-hybridized carbons (Fsp3) is 1.00. The van der Waals surface area contributed by atoms with Crippen LogP contribution in [0.4, 0.5) is 17.6 Å². The quantitative estimate of drug-likeness (QED) is 0.503. The van der Waals surface area contributed by atoms with Crippen LogP contribution in [0.2, 0.25) is 0 Å². The summed E-state index contributed by atoms with van der Waals surface area (Å²) in [7, 11) is 0. The van der Waals surface area contributed by atoms with Gasteiger partial charge in [-0.1, -0.05) is 6.92 Å². The van der Waals surface area contributed by atoms with Crippen molar-refractivity contribution in [3.05, 3.63) is 0 Å². The van der Waals surface area contributed by atoms with Gasteiger partial charge < -0.3 is 0 Å². The van der Waals surface area contributed by atoms with Crippen molar-refractivity contribution in [2.45, 2.75) is 25.7 Å². The van der Waals surface area contributed by atoms with Gasteiger partial charge >= 0.3 is 12.3 Å². The highest BCUT2D eigenvalue weighted by Gasteiger charge is 2.37. The minimum absolute atomic E-state index is 0.801. The molecule has 0 unspecified atom stereocenters. The van der Waals surface area contributed by atoms with Crippen molar-refractivity contribution in [3.63, 3.8) is 0 Å². The average molecular weight is 130 g/mol. The highest BCUT2D eigenvalue weighted by Crippen LogP contribution is 2.25. The minimum atomic E-state index is -3.79. The first kappa shape index (κ1) is 7.72. The molecule has 0 saturated carbocycles. The molecule has 0 fully saturated rings. The molecule has 0 heterocycles. The van der Waals surface area contributed by atoms with Gasteiger partial charge in [0, 0.05) is 6.42 Å². The van der Waals surface area contributed by atoms with Gasteiger partial charge in [0.15, 0.2) is 0 Å². The third-order valence-electron chi connectivity index (χ3n) is 0.791. The zero-order chi connectivity index (χ0) is 6.78. The maximum absolute atomic E-state index is 11.5. The molecule has 8 heavy (non-hydrogen) atoms. The molecule has 0 aromatic carbocycles. The zero-order valence-corrected chi connectivity index (χ0v) is 4.30. The Morgan fingerprint density at radius 2 is 1.75 bits per heavy atom. The first-order valence-electron chi connectivity index (χ1n) is 2.16. The molecule has 50 valence electrons. The van der Waals surface area contributed by atoms with Crippen molar-refractivity contribution in [2.75, 3.05) is 0 Å². The van der Waals surface area contributed by atoms with Gasteiger partial charge in [0.2, 0.25) is 0 Å². The largest absolute Gasteiger partial charge is 0.307 e. The van der Waals surface area contributed by atoms with Crippen molar-refractivity contribution in [1.82, 2.24) is 0 Å². The molecule has 0 nitrogen and oxygen atoms in total. The second-order valence-electron chi connectivity index (χ2n) is 1.42. The molecule has 0 atom stereocenters. The Balaban J connectivity index is 3.71. The van der Waals surface area contributed by atoms with Crippen LogP contribution >= 0.6 is 0 Å². The summed E-state index contributed by atoms with van der Waals surface area (Å²) in [6.07, 6.45) is -4.32. The average Bonchev–Trinajstić information content (AvgIpc) is 1.67. The van der Waals surface area contributed by atoms with Crippen molar-refractivity contribution < 1.29 is 17.6 Å². The van der Waals surface area contributed by atoms with Gasteiger partial charge in [-0.15, -0.1) is 0 Å². The Morgan fingerprint density at radius 1 is 1.38 bits per heavy atom. The van der Waals surface area contributed by atoms with E-state index in [0.717, 1.165) is 6.92 Å². The maximum atomic E-state index is 11.5. The summed E-state index contributed by atoms with van der Waals surface area (Å²) in [5.74, 6) is -3.79. The molecular weight excluding hydrogens is 124 g/mol. The molecule has 0 aliphatic rings. The normalized spacial score (nSPS) is 12.8. The fourth-order valence-electron chi connectivity index (χ4n) is 0.154. The van der Waals surface area contributed by atoms with Crippen LogP contribution in [-0.4, -0.2) is 12.3 Å². The number of alkyl halides is 4. The summed E-state index contributed by atoms with van der Waals surface area (Å²) in [6, 6.07) is 0. The van der Waals surface area contributed by atoms with Gasteiger partial charge in [0.1, 0.15) is 0 Å². The Kier molecular flexibility index (Phi) is 2.25. The highest BCUT2D eigenvalue weighted by molar-refractivity contribution is 4.64. The van der Waals surface area contributed by atoms with Gasteiger partial charge in [0.25, 0.3) is 0 Å². The molecule has 0 N–H and O–H groups in total. The molecule has 0 radical (unpaired) electrons. The van der Waals surface area contributed by atoms with Crippen LogP contribution in [0.1, 0.15) is 13.3 Å². The molecular formula is C4H6F4. The van der Waals surface area contributed by atoms with E-state index in [1.807, 2.05) is 0 Å². The Hall–Kier alpha value is -0.280. The summed E-state index contributed by atoms with van der Waals surface area (Å²) < 4.78 is 45.2. The molecule has 0 aromatic heterocycles. The summed E-state index contributed by atoms with van der Waals surface area (Å²) in [5, 5.41) is 0. The van der Waals surface area contributed by atoms with Crippen LogP contribution in [0.3, 0.4) is 0 Å². The first-order valence-corrected chi connectivity index (χ1v) is 2.16. The van der Waals surface area contributed by atoms with E-state index >= 15 is 0 Å². The third-order valence-corrected chi connectivity index (χ3v) is 0.791. The van der Waals surface area contributed by atoms with Gasteiger partial charge in [-0.05, 0) is 0 Å². The Bertz CT molecular complexity index is 68.4. The number of hydrogen-bond donors (Lipinski definition) is 0. The van der Waals surface area contributed by atoms with Crippen molar-refractivity contribution in [1.29, 1.82) is 0 Å². The lowest BCUT2D eigenvalue weighted by molar-refractivity contribution is -0.129. The summed E-state index contributed by atoms with van der Waals surface area (Å²) >= 11 is 0. The molecule has 0 aliphatic carbocycles. The third kappa shape index (κ3) is 1.68. The molecule has 0 spiro atoms. The highest BCUT2D eigenvalue weighted by atomic mass is 19.3. The predicted octanol–water partition coefficient (Wildman–Crippen LogP) is 2.30. The van der Waals surface area contributed by atoms with Crippen LogP contribution in [0.15, 0.2) is 0 Å². The van der Waals surface area contributed by atoms with Crippen molar-refractivity contribution >= 4 is 0 Å². The summed E-state index contributed by atoms with van der Waals surface area (Å²) in [6.45, 7) is 1.02. The standard InChI is InChI=1S/C4H6F4/c1-2-4(7,8)3(5)6/h3H,2H2,1H3. The van der Waals surface area contributed by atoms with E-state index in [-0.39, 0.29) is 0 Å². The molecule has 0 aliphatic heterocycles. The van der Waals surface area contributed by atoms with E-state index < -0.39 is 18.8 Å². The van der Waals surface area contributed by atoms with E-state index in [1.165, 1.54) is 0 Å². The SMILES string of the molecule is CCC(F)(F)C(F)F. The predicted molar refractivity (Wildman–Crippen MR) is 21.2 cm³/mol. The van der Waals surface area contributed by atoms with Gasteiger partial charge in [-0.3, -0.25) is 0 Å². The lowest BCUT2D eigenvalue weighted by Crippen LogP contribution is -2.24. The fourth-order valence-corrected chi connectivity index (χ4v) is 0.154. The van der Waals surface area contributed by atoms with Crippen molar-refractivity contribution in [2.24, 2.45) is 0 Å². The Morgan fingerprint density at radius 3 is 1.75 bits per heavy atom. The van der Waals surface area contributed by atoms with Crippen LogP contribution in [0, 0.1) is 0 Å². The lowest BCUT2D eigenvalue weighted by Gasteiger charge is -2.10.